The van der Waals surface area contributed by atoms with E-state index >= 15 is 0 Å². The largest absolute Gasteiger partial charge is 0.490 e. The molecular weight excluding hydrogens is 336 g/mol. The smallest absolute Gasteiger partial charge is 0.326 e. The van der Waals surface area contributed by atoms with Gasteiger partial charge in [-0.1, -0.05) is 25.1 Å². The second-order valence-corrected chi connectivity index (χ2v) is 6.97. The summed E-state index contributed by atoms with van der Waals surface area (Å²) in [5.41, 5.74) is -0.833. The molecule has 0 unspecified atom stereocenters. The normalized spacial score (nSPS) is 25.3. The average molecular weight is 360 g/mol. The van der Waals surface area contributed by atoms with E-state index in [2.05, 4.69) is 12.2 Å². The van der Waals surface area contributed by atoms with Crippen molar-refractivity contribution in [3.05, 3.63) is 30.3 Å². The lowest BCUT2D eigenvalue weighted by Crippen LogP contribution is -2.49. The Hall–Kier alpha value is -2.57. The monoisotopic (exact) mass is 360 g/mol. The number of imide groups is 1. The molecule has 1 spiro atoms. The van der Waals surface area contributed by atoms with Gasteiger partial charge in [-0.3, -0.25) is 14.5 Å². The number of rotatable bonds is 6. The first-order valence-electron chi connectivity index (χ1n) is 8.98. The van der Waals surface area contributed by atoms with Crippen LogP contribution >= 0.6 is 0 Å². The Labute approximate surface area is 152 Å². The molecule has 7 heteroatoms. The predicted molar refractivity (Wildman–Crippen MR) is 93.5 cm³/mol. The van der Waals surface area contributed by atoms with Crippen LogP contribution in [-0.4, -0.2) is 48.1 Å². The molecule has 2 aliphatic rings. The van der Waals surface area contributed by atoms with Gasteiger partial charge in [0.25, 0.3) is 5.91 Å². The maximum Gasteiger partial charge on any atom is 0.326 e. The van der Waals surface area contributed by atoms with Gasteiger partial charge in [0.2, 0.25) is 0 Å². The minimum absolute atomic E-state index is 0.0556. The molecule has 1 saturated heterocycles. The molecule has 1 saturated carbocycles. The number of carbonyl (C=O) groups is 3. The zero-order valence-corrected chi connectivity index (χ0v) is 14.9. The van der Waals surface area contributed by atoms with Crippen molar-refractivity contribution in [3.8, 4) is 5.75 Å². The summed E-state index contributed by atoms with van der Waals surface area (Å²) in [5, 5.41) is 2.79. The predicted octanol–water partition coefficient (Wildman–Crippen LogP) is 2.11. The highest BCUT2D eigenvalue weighted by Gasteiger charge is 2.52. The molecular formula is C19H24N2O5. The lowest BCUT2D eigenvalue weighted by molar-refractivity contribution is -0.148. The van der Waals surface area contributed by atoms with Crippen molar-refractivity contribution in [2.24, 2.45) is 5.92 Å². The Morgan fingerprint density at radius 2 is 1.88 bits per heavy atom. The third-order valence-electron chi connectivity index (χ3n) is 5.02. The van der Waals surface area contributed by atoms with Crippen LogP contribution in [0.2, 0.25) is 0 Å². The number of amides is 3. The van der Waals surface area contributed by atoms with Gasteiger partial charge >= 0.3 is 12.0 Å². The molecule has 140 valence electrons. The molecule has 3 rings (SSSR count). The molecule has 7 nitrogen and oxygen atoms in total. The van der Waals surface area contributed by atoms with Crippen LogP contribution in [0.15, 0.2) is 30.3 Å². The number of benzene rings is 1. The highest BCUT2D eigenvalue weighted by atomic mass is 16.6. The number of ether oxygens (including phenoxy) is 2. The SMILES string of the molecule is CC1CCC2(CC1)NC(=O)N(CC(=O)OCCOc1ccccc1)C2=O. The fraction of sp³-hybridized carbons (Fsp3) is 0.526. The molecule has 0 aromatic heterocycles. The van der Waals surface area contributed by atoms with Crippen LogP contribution in [0.1, 0.15) is 32.6 Å². The van der Waals surface area contributed by atoms with Gasteiger partial charge in [0.1, 0.15) is 31.0 Å². The quantitative estimate of drug-likeness (QED) is 0.477. The van der Waals surface area contributed by atoms with Crippen LogP contribution < -0.4 is 10.1 Å². The first-order valence-corrected chi connectivity index (χ1v) is 8.98. The molecule has 3 amide bonds. The third-order valence-corrected chi connectivity index (χ3v) is 5.02. The Kier molecular flexibility index (Phi) is 5.44. The van der Waals surface area contributed by atoms with E-state index in [9.17, 15) is 14.4 Å². The summed E-state index contributed by atoms with van der Waals surface area (Å²) in [7, 11) is 0. The zero-order chi connectivity index (χ0) is 18.6. The van der Waals surface area contributed by atoms with Crippen molar-refractivity contribution >= 4 is 17.9 Å². The zero-order valence-electron chi connectivity index (χ0n) is 14.9. The molecule has 1 heterocycles. The molecule has 0 radical (unpaired) electrons. The fourth-order valence-electron chi connectivity index (χ4n) is 3.42. The van der Waals surface area contributed by atoms with Crippen LogP contribution in [0.25, 0.3) is 0 Å². The molecule has 2 fully saturated rings. The third kappa shape index (κ3) is 3.98. The summed E-state index contributed by atoms with van der Waals surface area (Å²) in [4.78, 5) is 37.8. The van der Waals surface area contributed by atoms with E-state index in [-0.39, 0.29) is 25.7 Å². The lowest BCUT2D eigenvalue weighted by atomic mass is 9.77. The number of urea groups is 1. The number of esters is 1. The Morgan fingerprint density at radius 3 is 2.58 bits per heavy atom. The van der Waals surface area contributed by atoms with Crippen LogP contribution in [-0.2, 0) is 14.3 Å². The van der Waals surface area contributed by atoms with E-state index in [4.69, 9.17) is 9.47 Å². The van der Waals surface area contributed by atoms with Gasteiger partial charge in [-0.25, -0.2) is 4.79 Å². The second-order valence-electron chi connectivity index (χ2n) is 6.97. The molecule has 1 aromatic carbocycles. The van der Waals surface area contributed by atoms with Crippen LogP contribution in [0.5, 0.6) is 5.75 Å². The van der Waals surface area contributed by atoms with Crippen molar-refractivity contribution in [3.63, 3.8) is 0 Å². The number of nitrogens with one attached hydrogen (secondary N) is 1. The van der Waals surface area contributed by atoms with Crippen molar-refractivity contribution in [2.75, 3.05) is 19.8 Å². The van der Waals surface area contributed by atoms with E-state index in [1.165, 1.54) is 0 Å². The standard InChI is InChI=1S/C19H24N2O5/c1-14-7-9-19(10-8-14)17(23)21(18(24)20-19)13-16(22)26-12-11-25-15-5-3-2-4-6-15/h2-6,14H,7-13H2,1H3,(H,20,24). The molecule has 1 aromatic rings. The van der Waals surface area contributed by atoms with Crippen molar-refractivity contribution in [1.82, 2.24) is 10.2 Å². The van der Waals surface area contributed by atoms with E-state index in [0.29, 0.717) is 24.5 Å². The Balaban J connectivity index is 1.45. The van der Waals surface area contributed by atoms with Gasteiger partial charge in [0.15, 0.2) is 0 Å². The van der Waals surface area contributed by atoms with Gasteiger partial charge in [-0.15, -0.1) is 0 Å². The first-order chi connectivity index (χ1) is 12.5. The number of para-hydroxylation sites is 1. The summed E-state index contributed by atoms with van der Waals surface area (Å²) in [6.07, 6.45) is 3.02. The van der Waals surface area contributed by atoms with Gasteiger partial charge in [0, 0.05) is 0 Å². The minimum Gasteiger partial charge on any atom is -0.490 e. The van der Waals surface area contributed by atoms with Gasteiger partial charge in [-0.2, -0.15) is 0 Å². The number of carbonyl (C=O) groups excluding carboxylic acids is 3. The number of hydrogen-bond donors (Lipinski definition) is 1. The summed E-state index contributed by atoms with van der Waals surface area (Å²) < 4.78 is 10.5. The van der Waals surface area contributed by atoms with Crippen LogP contribution in [0.3, 0.4) is 0 Å². The number of hydrogen-bond acceptors (Lipinski definition) is 5. The topological polar surface area (TPSA) is 84.9 Å². The highest BCUT2D eigenvalue weighted by Crippen LogP contribution is 2.36. The fourth-order valence-corrected chi connectivity index (χ4v) is 3.42. The maximum atomic E-state index is 12.7. The van der Waals surface area contributed by atoms with E-state index < -0.39 is 17.5 Å². The summed E-state index contributed by atoms with van der Waals surface area (Å²) in [6.45, 7) is 2.03. The van der Waals surface area contributed by atoms with Crippen molar-refractivity contribution < 1.29 is 23.9 Å². The minimum atomic E-state index is -0.833. The molecule has 1 N–H and O–H groups in total. The second kappa shape index (κ2) is 7.76. The van der Waals surface area contributed by atoms with E-state index in [1.54, 1.807) is 12.1 Å². The highest BCUT2D eigenvalue weighted by molar-refractivity contribution is 6.08. The number of nitrogens with zero attached hydrogens (tertiary/aromatic N) is 1. The van der Waals surface area contributed by atoms with E-state index in [0.717, 1.165) is 17.7 Å². The van der Waals surface area contributed by atoms with Gasteiger partial charge in [-0.05, 0) is 43.7 Å². The summed E-state index contributed by atoms with van der Waals surface area (Å²) in [5.74, 6) is 0.304. The molecule has 0 atom stereocenters. The molecule has 0 bridgehead atoms. The average Bonchev–Trinajstić information content (AvgIpc) is 2.87. The molecule has 1 aliphatic heterocycles. The Morgan fingerprint density at radius 1 is 1.19 bits per heavy atom. The summed E-state index contributed by atoms with van der Waals surface area (Å²) >= 11 is 0. The molecule has 26 heavy (non-hydrogen) atoms. The Bertz CT molecular complexity index is 668. The van der Waals surface area contributed by atoms with Gasteiger partial charge < -0.3 is 14.8 Å². The maximum absolute atomic E-state index is 12.7. The van der Waals surface area contributed by atoms with Crippen molar-refractivity contribution in [2.45, 2.75) is 38.1 Å². The lowest BCUT2D eigenvalue weighted by Gasteiger charge is -2.33. The van der Waals surface area contributed by atoms with Gasteiger partial charge in [0.05, 0.1) is 0 Å². The van der Waals surface area contributed by atoms with Crippen LogP contribution in [0, 0.1) is 5.92 Å². The molecule has 1 aliphatic carbocycles. The van der Waals surface area contributed by atoms with Crippen LogP contribution in [0.4, 0.5) is 4.79 Å². The first kappa shape index (κ1) is 18.2. The summed E-state index contributed by atoms with van der Waals surface area (Å²) in [6, 6.07) is 8.67. The van der Waals surface area contributed by atoms with E-state index in [1.807, 2.05) is 18.2 Å². The van der Waals surface area contributed by atoms with Crippen molar-refractivity contribution in [1.29, 1.82) is 0 Å².